The summed E-state index contributed by atoms with van der Waals surface area (Å²) in [7, 11) is 0. The molecule has 1 aliphatic rings. The predicted octanol–water partition coefficient (Wildman–Crippen LogP) is 4.14. The number of H-pyrrole nitrogens is 1. The fourth-order valence-electron chi connectivity index (χ4n) is 3.94. The monoisotopic (exact) mass is 397 g/mol. The highest BCUT2D eigenvalue weighted by Crippen LogP contribution is 2.23. The van der Waals surface area contributed by atoms with Gasteiger partial charge in [0.15, 0.2) is 5.69 Å². The standard InChI is InChI=1S/C24H23N5O/c30-24(23-21-8-4-5-9-22(21)26-27-23)25-18-10-12-20(13-11-18)29-16-14-28(15-17-29)19-6-2-1-3-7-19/h1-13H,14-17H2,(H,25,30)(H,26,27). The number of aromatic amines is 1. The number of anilines is 3. The first-order valence-electron chi connectivity index (χ1n) is 10.2. The summed E-state index contributed by atoms with van der Waals surface area (Å²) in [5, 5.41) is 10.8. The minimum absolute atomic E-state index is 0.211. The van der Waals surface area contributed by atoms with Gasteiger partial charge in [0.2, 0.25) is 0 Å². The van der Waals surface area contributed by atoms with Crippen LogP contribution in [0.3, 0.4) is 0 Å². The quantitative estimate of drug-likeness (QED) is 0.543. The molecule has 0 bridgehead atoms. The normalized spacial score (nSPS) is 14.1. The van der Waals surface area contributed by atoms with E-state index in [4.69, 9.17) is 0 Å². The van der Waals surface area contributed by atoms with Gasteiger partial charge >= 0.3 is 0 Å². The summed E-state index contributed by atoms with van der Waals surface area (Å²) in [6.07, 6.45) is 0. The number of hydrogen-bond donors (Lipinski definition) is 2. The van der Waals surface area contributed by atoms with Crippen molar-refractivity contribution >= 4 is 33.9 Å². The van der Waals surface area contributed by atoms with E-state index in [-0.39, 0.29) is 5.91 Å². The molecule has 150 valence electrons. The molecule has 1 aromatic heterocycles. The van der Waals surface area contributed by atoms with Crippen molar-refractivity contribution in [1.82, 2.24) is 10.2 Å². The number of carbonyl (C=O) groups is 1. The summed E-state index contributed by atoms with van der Waals surface area (Å²) in [5.41, 5.74) is 4.48. The molecule has 0 aliphatic carbocycles. The molecule has 3 aromatic carbocycles. The third-order valence-corrected chi connectivity index (χ3v) is 5.58. The highest BCUT2D eigenvalue weighted by atomic mass is 16.1. The Morgan fingerprint density at radius 2 is 1.37 bits per heavy atom. The zero-order valence-electron chi connectivity index (χ0n) is 16.6. The minimum Gasteiger partial charge on any atom is -0.368 e. The first kappa shape index (κ1) is 18.2. The number of para-hydroxylation sites is 2. The Morgan fingerprint density at radius 3 is 2.07 bits per heavy atom. The van der Waals surface area contributed by atoms with Crippen LogP contribution in [-0.4, -0.2) is 42.3 Å². The molecule has 6 nitrogen and oxygen atoms in total. The van der Waals surface area contributed by atoms with Crippen LogP contribution in [0.15, 0.2) is 78.9 Å². The molecule has 1 aliphatic heterocycles. The Hall–Kier alpha value is -3.80. The molecule has 0 spiro atoms. The van der Waals surface area contributed by atoms with Crippen LogP contribution in [0.25, 0.3) is 10.9 Å². The number of nitrogens with one attached hydrogen (secondary N) is 2. The second-order valence-corrected chi connectivity index (χ2v) is 7.43. The number of piperazine rings is 1. The van der Waals surface area contributed by atoms with Gasteiger partial charge in [-0.15, -0.1) is 0 Å². The predicted molar refractivity (Wildman–Crippen MR) is 121 cm³/mol. The maximum Gasteiger partial charge on any atom is 0.276 e. The van der Waals surface area contributed by atoms with Crippen molar-refractivity contribution in [3.05, 3.63) is 84.6 Å². The van der Waals surface area contributed by atoms with Crippen molar-refractivity contribution in [3.63, 3.8) is 0 Å². The number of aromatic nitrogens is 2. The largest absolute Gasteiger partial charge is 0.368 e. The van der Waals surface area contributed by atoms with E-state index < -0.39 is 0 Å². The Bertz CT molecular complexity index is 1150. The molecule has 0 unspecified atom stereocenters. The zero-order valence-corrected chi connectivity index (χ0v) is 16.6. The number of rotatable bonds is 4. The van der Waals surface area contributed by atoms with E-state index in [1.807, 2.05) is 36.4 Å². The van der Waals surface area contributed by atoms with Gasteiger partial charge in [0, 0.05) is 48.6 Å². The smallest absolute Gasteiger partial charge is 0.276 e. The molecule has 6 heteroatoms. The SMILES string of the molecule is O=C(Nc1ccc(N2CCN(c3ccccc3)CC2)cc1)c1n[nH]c2ccccc12. The molecule has 2 heterocycles. The van der Waals surface area contributed by atoms with Crippen molar-refractivity contribution in [3.8, 4) is 0 Å². The number of carbonyl (C=O) groups excluding carboxylic acids is 1. The molecule has 0 atom stereocenters. The Balaban J connectivity index is 1.22. The lowest BCUT2D eigenvalue weighted by atomic mass is 10.2. The van der Waals surface area contributed by atoms with E-state index in [1.165, 1.54) is 11.4 Å². The lowest BCUT2D eigenvalue weighted by Gasteiger charge is -2.37. The summed E-state index contributed by atoms with van der Waals surface area (Å²) in [6, 6.07) is 26.2. The molecule has 1 saturated heterocycles. The molecular formula is C24H23N5O. The van der Waals surface area contributed by atoms with Crippen molar-refractivity contribution in [2.24, 2.45) is 0 Å². The molecule has 2 N–H and O–H groups in total. The fourth-order valence-corrected chi connectivity index (χ4v) is 3.94. The highest BCUT2D eigenvalue weighted by molar-refractivity contribution is 6.11. The van der Waals surface area contributed by atoms with Crippen LogP contribution in [0.1, 0.15) is 10.5 Å². The Morgan fingerprint density at radius 1 is 0.767 bits per heavy atom. The molecule has 0 saturated carbocycles. The molecule has 30 heavy (non-hydrogen) atoms. The topological polar surface area (TPSA) is 64.3 Å². The van der Waals surface area contributed by atoms with Gasteiger partial charge in [-0.25, -0.2) is 0 Å². The summed E-state index contributed by atoms with van der Waals surface area (Å²) in [5.74, 6) is -0.211. The van der Waals surface area contributed by atoms with E-state index in [2.05, 4.69) is 67.8 Å². The number of fused-ring (bicyclic) bond motifs is 1. The zero-order chi connectivity index (χ0) is 20.3. The Kier molecular flexibility index (Phi) is 4.81. The van der Waals surface area contributed by atoms with Crippen molar-refractivity contribution in [2.45, 2.75) is 0 Å². The minimum atomic E-state index is -0.211. The summed E-state index contributed by atoms with van der Waals surface area (Å²) < 4.78 is 0. The van der Waals surface area contributed by atoms with Crippen LogP contribution < -0.4 is 15.1 Å². The van der Waals surface area contributed by atoms with E-state index in [0.717, 1.165) is 42.8 Å². The number of hydrogen-bond acceptors (Lipinski definition) is 4. The van der Waals surface area contributed by atoms with Gasteiger partial charge in [-0.3, -0.25) is 9.89 Å². The average Bonchev–Trinajstić information content (AvgIpc) is 3.25. The van der Waals surface area contributed by atoms with Gasteiger partial charge in [-0.1, -0.05) is 36.4 Å². The number of benzene rings is 3. The van der Waals surface area contributed by atoms with Crippen LogP contribution in [-0.2, 0) is 0 Å². The summed E-state index contributed by atoms with van der Waals surface area (Å²) in [4.78, 5) is 17.4. The third-order valence-electron chi connectivity index (χ3n) is 5.58. The summed E-state index contributed by atoms with van der Waals surface area (Å²) >= 11 is 0. The van der Waals surface area contributed by atoms with Gasteiger partial charge in [0.25, 0.3) is 5.91 Å². The van der Waals surface area contributed by atoms with E-state index in [0.29, 0.717) is 5.69 Å². The van der Waals surface area contributed by atoms with E-state index in [1.54, 1.807) is 0 Å². The lowest BCUT2D eigenvalue weighted by Crippen LogP contribution is -2.46. The average molecular weight is 397 g/mol. The second-order valence-electron chi connectivity index (χ2n) is 7.43. The van der Waals surface area contributed by atoms with E-state index >= 15 is 0 Å². The summed E-state index contributed by atoms with van der Waals surface area (Å²) in [6.45, 7) is 3.93. The first-order valence-corrected chi connectivity index (χ1v) is 10.2. The number of amides is 1. The van der Waals surface area contributed by atoms with Gasteiger partial charge < -0.3 is 15.1 Å². The van der Waals surface area contributed by atoms with Crippen LogP contribution in [0, 0.1) is 0 Å². The lowest BCUT2D eigenvalue weighted by molar-refractivity contribution is 0.102. The highest BCUT2D eigenvalue weighted by Gasteiger charge is 2.18. The fraction of sp³-hybridized carbons (Fsp3) is 0.167. The van der Waals surface area contributed by atoms with E-state index in [9.17, 15) is 4.79 Å². The van der Waals surface area contributed by atoms with Gasteiger partial charge in [0.1, 0.15) is 0 Å². The molecule has 1 fully saturated rings. The number of nitrogens with zero attached hydrogens (tertiary/aromatic N) is 3. The van der Waals surface area contributed by atoms with Gasteiger partial charge in [-0.2, -0.15) is 5.10 Å². The molecule has 5 rings (SSSR count). The van der Waals surface area contributed by atoms with Gasteiger partial charge in [0.05, 0.1) is 5.52 Å². The van der Waals surface area contributed by atoms with Crippen molar-refractivity contribution in [2.75, 3.05) is 41.3 Å². The maximum absolute atomic E-state index is 12.6. The maximum atomic E-state index is 12.6. The van der Waals surface area contributed by atoms with Crippen molar-refractivity contribution < 1.29 is 4.79 Å². The van der Waals surface area contributed by atoms with Crippen LogP contribution in [0.2, 0.25) is 0 Å². The van der Waals surface area contributed by atoms with Gasteiger partial charge in [-0.05, 0) is 42.5 Å². The van der Waals surface area contributed by atoms with Crippen molar-refractivity contribution in [1.29, 1.82) is 0 Å². The van der Waals surface area contributed by atoms with Crippen LogP contribution >= 0.6 is 0 Å². The van der Waals surface area contributed by atoms with Crippen LogP contribution in [0.5, 0.6) is 0 Å². The first-order chi connectivity index (χ1) is 14.8. The molecule has 4 aromatic rings. The molecule has 0 radical (unpaired) electrons. The third kappa shape index (κ3) is 3.59. The van der Waals surface area contributed by atoms with Crippen LogP contribution in [0.4, 0.5) is 17.1 Å². The second kappa shape index (κ2) is 7.91. The molecular weight excluding hydrogens is 374 g/mol. The Labute approximate surface area is 175 Å². The molecule has 1 amide bonds.